The topological polar surface area (TPSA) is 42.8 Å². The van der Waals surface area contributed by atoms with Gasteiger partial charge in [-0.1, -0.05) is 84.9 Å². The summed E-state index contributed by atoms with van der Waals surface area (Å²) in [5, 5.41) is 3.62. The Bertz CT molecular complexity index is 1620. The molecule has 1 N–H and O–H groups in total. The minimum absolute atomic E-state index is 0.677. The van der Waals surface area contributed by atoms with Crippen molar-refractivity contribution in [3.05, 3.63) is 133 Å². The second kappa shape index (κ2) is 9.96. The molecule has 4 heteroatoms. The van der Waals surface area contributed by atoms with E-state index < -0.39 is 0 Å². The zero-order valence-corrected chi connectivity index (χ0v) is 20.0. The van der Waals surface area contributed by atoms with Gasteiger partial charge in [-0.15, -0.1) is 0 Å². The molecule has 0 bridgehead atoms. The summed E-state index contributed by atoms with van der Waals surface area (Å²) in [5.41, 5.74) is 5.94. The molecular weight excluding hydrogens is 442 g/mol. The number of hydrogen-bond acceptors (Lipinski definition) is 2. The van der Waals surface area contributed by atoms with Gasteiger partial charge >= 0.3 is 0 Å². The average Bonchev–Trinajstić information content (AvgIpc) is 3.60. The van der Waals surface area contributed by atoms with E-state index in [0.717, 1.165) is 35.1 Å². The highest BCUT2D eigenvalue weighted by molar-refractivity contribution is 6.00. The van der Waals surface area contributed by atoms with Gasteiger partial charge in [-0.25, -0.2) is 4.98 Å². The van der Waals surface area contributed by atoms with E-state index in [1.807, 2.05) is 23.2 Å². The molecule has 0 unspecified atom stereocenters. The van der Waals surface area contributed by atoms with Crippen LogP contribution >= 0.6 is 0 Å². The van der Waals surface area contributed by atoms with Crippen LogP contribution in [0.5, 0.6) is 5.75 Å². The van der Waals surface area contributed by atoms with E-state index in [1.54, 1.807) is 6.20 Å². The first-order chi connectivity index (χ1) is 17.9. The lowest BCUT2D eigenvalue weighted by Crippen LogP contribution is -1.99. The summed E-state index contributed by atoms with van der Waals surface area (Å²) in [6, 6.07) is 31.6. The van der Waals surface area contributed by atoms with Crippen molar-refractivity contribution in [3.8, 4) is 5.75 Å². The lowest BCUT2D eigenvalue weighted by Gasteiger charge is -2.11. The van der Waals surface area contributed by atoms with E-state index in [4.69, 9.17) is 4.74 Å². The number of nitrogens with zero attached hydrogens (tertiary/aromatic N) is 2. The molecule has 176 valence electrons. The van der Waals surface area contributed by atoms with E-state index in [0.29, 0.717) is 6.61 Å². The van der Waals surface area contributed by atoms with Crippen LogP contribution in [0.3, 0.4) is 0 Å². The number of nitrogens with one attached hydrogen (secondary N) is 1. The van der Waals surface area contributed by atoms with Crippen LogP contribution < -0.4 is 4.74 Å². The molecule has 36 heavy (non-hydrogen) atoms. The average molecular weight is 470 g/mol. The number of imidazole rings is 1. The molecule has 0 saturated carbocycles. The van der Waals surface area contributed by atoms with Gasteiger partial charge in [0.15, 0.2) is 0 Å². The first-order valence-corrected chi connectivity index (χ1v) is 12.3. The monoisotopic (exact) mass is 469 g/mol. The first kappa shape index (κ1) is 21.9. The number of para-hydroxylation sites is 1. The number of aromatic nitrogens is 3. The smallest absolute Gasteiger partial charge is 0.127 e. The summed E-state index contributed by atoms with van der Waals surface area (Å²) in [6.45, 7) is 0.677. The molecule has 0 radical (unpaired) electrons. The Morgan fingerprint density at radius 3 is 2.56 bits per heavy atom. The Hall–Kier alpha value is -4.57. The number of H-pyrrole nitrogens is 1. The predicted octanol–water partition coefficient (Wildman–Crippen LogP) is 7.58. The second-order valence-electron chi connectivity index (χ2n) is 8.89. The van der Waals surface area contributed by atoms with Crippen molar-refractivity contribution in [2.24, 2.45) is 0 Å². The number of ether oxygens (including phenoxy) is 1. The Labute approximate surface area is 210 Å². The van der Waals surface area contributed by atoms with Gasteiger partial charge in [0.2, 0.25) is 0 Å². The molecule has 0 aliphatic heterocycles. The molecular formula is C32H27N3O. The van der Waals surface area contributed by atoms with Crippen molar-refractivity contribution in [3.63, 3.8) is 0 Å². The molecule has 0 spiro atoms. The van der Waals surface area contributed by atoms with Crippen LogP contribution in [0.1, 0.15) is 23.1 Å². The number of hydrogen-bond donors (Lipinski definition) is 1. The SMILES string of the molecule is C(=C(c1ccccc1)c1cccc2c(CCCOc3cccc4ccccc34)c[nH]c12)n1ccnc1. The van der Waals surface area contributed by atoms with E-state index in [9.17, 15) is 0 Å². The highest BCUT2D eigenvalue weighted by Gasteiger charge is 2.13. The van der Waals surface area contributed by atoms with Crippen molar-refractivity contribution < 1.29 is 4.74 Å². The number of aromatic amines is 1. The third kappa shape index (κ3) is 4.41. The van der Waals surface area contributed by atoms with Crippen molar-refractivity contribution in [2.75, 3.05) is 6.61 Å². The fourth-order valence-corrected chi connectivity index (χ4v) is 4.82. The molecule has 4 aromatic carbocycles. The summed E-state index contributed by atoms with van der Waals surface area (Å²) in [5.74, 6) is 0.950. The highest BCUT2D eigenvalue weighted by Crippen LogP contribution is 2.32. The lowest BCUT2D eigenvalue weighted by atomic mass is 9.96. The minimum Gasteiger partial charge on any atom is -0.493 e. The summed E-state index contributed by atoms with van der Waals surface area (Å²) in [4.78, 5) is 7.77. The molecule has 4 nitrogen and oxygen atoms in total. The number of benzene rings is 4. The Morgan fingerprint density at radius 1 is 0.861 bits per heavy atom. The molecule has 0 saturated heterocycles. The van der Waals surface area contributed by atoms with Gasteiger partial charge in [0, 0.05) is 46.7 Å². The van der Waals surface area contributed by atoms with Gasteiger partial charge in [0.05, 0.1) is 18.5 Å². The Morgan fingerprint density at radius 2 is 1.67 bits per heavy atom. The zero-order valence-electron chi connectivity index (χ0n) is 20.0. The van der Waals surface area contributed by atoms with Gasteiger partial charge in [0.1, 0.15) is 5.75 Å². The predicted molar refractivity (Wildman–Crippen MR) is 148 cm³/mol. The van der Waals surface area contributed by atoms with Crippen LogP contribution in [0, 0.1) is 0 Å². The molecule has 6 aromatic rings. The number of aryl methyl sites for hydroxylation is 1. The Balaban J connectivity index is 1.24. The van der Waals surface area contributed by atoms with E-state index in [1.165, 1.54) is 27.5 Å². The molecule has 2 aromatic heterocycles. The van der Waals surface area contributed by atoms with Gasteiger partial charge < -0.3 is 14.3 Å². The second-order valence-corrected chi connectivity index (χ2v) is 8.89. The normalized spacial score (nSPS) is 11.8. The number of fused-ring (bicyclic) bond motifs is 2. The minimum atomic E-state index is 0.677. The maximum atomic E-state index is 6.18. The third-order valence-electron chi connectivity index (χ3n) is 6.58. The van der Waals surface area contributed by atoms with Crippen LogP contribution in [-0.2, 0) is 6.42 Å². The molecule has 0 fully saturated rings. The van der Waals surface area contributed by atoms with Gasteiger partial charge in [0.25, 0.3) is 0 Å². The van der Waals surface area contributed by atoms with Crippen LogP contribution in [-0.4, -0.2) is 21.1 Å². The van der Waals surface area contributed by atoms with Crippen LogP contribution in [0.4, 0.5) is 0 Å². The number of rotatable bonds is 8. The first-order valence-electron chi connectivity index (χ1n) is 12.3. The quantitative estimate of drug-likeness (QED) is 0.234. The largest absolute Gasteiger partial charge is 0.493 e. The lowest BCUT2D eigenvalue weighted by molar-refractivity contribution is 0.315. The molecule has 0 aliphatic rings. The maximum absolute atomic E-state index is 6.18. The summed E-state index contributed by atoms with van der Waals surface area (Å²) >= 11 is 0. The van der Waals surface area contributed by atoms with Crippen molar-refractivity contribution in [1.82, 2.24) is 14.5 Å². The maximum Gasteiger partial charge on any atom is 0.127 e. The fraction of sp³-hybridized carbons (Fsp3) is 0.0938. The molecule has 6 rings (SSSR count). The summed E-state index contributed by atoms with van der Waals surface area (Å²) < 4.78 is 8.18. The van der Waals surface area contributed by atoms with Crippen molar-refractivity contribution in [2.45, 2.75) is 12.8 Å². The summed E-state index contributed by atoms with van der Waals surface area (Å²) in [7, 11) is 0. The van der Waals surface area contributed by atoms with Crippen LogP contribution in [0.2, 0.25) is 0 Å². The van der Waals surface area contributed by atoms with Crippen molar-refractivity contribution in [1.29, 1.82) is 0 Å². The molecule has 0 amide bonds. The summed E-state index contributed by atoms with van der Waals surface area (Å²) in [6.07, 6.45) is 11.7. The van der Waals surface area contributed by atoms with E-state index in [-0.39, 0.29) is 0 Å². The van der Waals surface area contributed by atoms with E-state index >= 15 is 0 Å². The third-order valence-corrected chi connectivity index (χ3v) is 6.58. The fourth-order valence-electron chi connectivity index (χ4n) is 4.82. The van der Waals surface area contributed by atoms with Crippen molar-refractivity contribution >= 4 is 33.4 Å². The van der Waals surface area contributed by atoms with Gasteiger partial charge in [-0.05, 0) is 35.4 Å². The van der Waals surface area contributed by atoms with Crippen LogP contribution in [0.15, 0.2) is 116 Å². The van der Waals surface area contributed by atoms with Gasteiger partial charge in [-0.2, -0.15) is 0 Å². The molecule has 0 aliphatic carbocycles. The zero-order chi connectivity index (χ0) is 24.2. The highest BCUT2D eigenvalue weighted by atomic mass is 16.5. The Kier molecular flexibility index (Phi) is 6.07. The standard InChI is InChI=1S/C32H27N3O/c1-2-9-25(10-3-1)30(22-35-19-18-33-23-35)29-16-7-15-28-26(21-34-32(28)29)13-8-20-36-31-17-6-12-24-11-4-5-14-27(24)31/h1-7,9-12,14-19,21-23,34H,8,13,20H2. The molecule has 2 heterocycles. The van der Waals surface area contributed by atoms with Gasteiger partial charge in [-0.3, -0.25) is 0 Å². The van der Waals surface area contributed by atoms with E-state index in [2.05, 4.69) is 107 Å². The molecule has 0 atom stereocenters. The van der Waals surface area contributed by atoms with Crippen LogP contribution in [0.25, 0.3) is 33.4 Å².